The molecule has 0 aromatic heterocycles. The van der Waals surface area contributed by atoms with Crippen molar-refractivity contribution in [1.82, 2.24) is 0 Å². The summed E-state index contributed by atoms with van der Waals surface area (Å²) in [6.07, 6.45) is 0. The van der Waals surface area contributed by atoms with Gasteiger partial charge in [-0.3, -0.25) is 0 Å². The van der Waals surface area contributed by atoms with E-state index in [0.29, 0.717) is 6.61 Å². The summed E-state index contributed by atoms with van der Waals surface area (Å²) in [5, 5.41) is 0. The molecule has 0 amide bonds. The highest BCUT2D eigenvalue weighted by Gasteiger charge is 1.99. The van der Waals surface area contributed by atoms with Gasteiger partial charge in [-0.15, -0.1) is 0 Å². The Bertz CT molecular complexity index is 701. The van der Waals surface area contributed by atoms with E-state index in [1.54, 1.807) is 7.11 Å². The Kier molecular flexibility index (Phi) is 4.40. The molecular weight excluding hydrogens is 272 g/mol. The van der Waals surface area contributed by atoms with Crippen LogP contribution in [0.5, 0.6) is 11.5 Å². The van der Waals surface area contributed by atoms with E-state index in [1.165, 1.54) is 11.1 Å². The molecular formula is C20H18O2. The fraction of sp³-hybridized carbons (Fsp3) is 0.100. The molecule has 0 bridgehead atoms. The monoisotopic (exact) mass is 290 g/mol. The zero-order chi connectivity index (χ0) is 15.2. The lowest BCUT2D eigenvalue weighted by Gasteiger charge is -2.08. The Labute approximate surface area is 131 Å². The van der Waals surface area contributed by atoms with Gasteiger partial charge in [0.25, 0.3) is 0 Å². The van der Waals surface area contributed by atoms with Gasteiger partial charge in [-0.1, -0.05) is 54.6 Å². The maximum Gasteiger partial charge on any atom is 0.119 e. The maximum absolute atomic E-state index is 5.82. The minimum atomic E-state index is 0.550. The van der Waals surface area contributed by atoms with E-state index >= 15 is 0 Å². The lowest BCUT2D eigenvalue weighted by atomic mass is 10.1. The largest absolute Gasteiger partial charge is 0.497 e. The number of benzene rings is 3. The number of hydrogen-bond donors (Lipinski definition) is 0. The van der Waals surface area contributed by atoms with Crippen molar-refractivity contribution >= 4 is 0 Å². The third-order valence-electron chi connectivity index (χ3n) is 3.53. The van der Waals surface area contributed by atoms with Crippen LogP contribution in [0, 0.1) is 0 Å². The van der Waals surface area contributed by atoms with Crippen molar-refractivity contribution in [1.29, 1.82) is 0 Å². The highest BCUT2D eigenvalue weighted by Crippen LogP contribution is 2.22. The van der Waals surface area contributed by atoms with E-state index in [0.717, 1.165) is 17.1 Å². The lowest BCUT2D eigenvalue weighted by molar-refractivity contribution is 0.306. The Morgan fingerprint density at radius 2 is 1.23 bits per heavy atom. The van der Waals surface area contributed by atoms with Crippen LogP contribution < -0.4 is 9.47 Å². The summed E-state index contributed by atoms with van der Waals surface area (Å²) in [5.74, 6) is 1.73. The van der Waals surface area contributed by atoms with Gasteiger partial charge in [0, 0.05) is 0 Å². The first-order valence-electron chi connectivity index (χ1n) is 7.26. The van der Waals surface area contributed by atoms with Crippen LogP contribution in [0.25, 0.3) is 11.1 Å². The molecule has 0 unspecified atom stereocenters. The molecule has 0 spiro atoms. The normalized spacial score (nSPS) is 10.2. The van der Waals surface area contributed by atoms with E-state index in [-0.39, 0.29) is 0 Å². The summed E-state index contributed by atoms with van der Waals surface area (Å²) in [6, 6.07) is 26.4. The van der Waals surface area contributed by atoms with Gasteiger partial charge in [-0.05, 0) is 41.0 Å². The van der Waals surface area contributed by atoms with Crippen molar-refractivity contribution in [3.05, 3.63) is 84.4 Å². The average Bonchev–Trinajstić information content (AvgIpc) is 2.61. The molecule has 3 aromatic rings. The molecule has 2 heteroatoms. The minimum Gasteiger partial charge on any atom is -0.497 e. The van der Waals surface area contributed by atoms with Gasteiger partial charge in [0.15, 0.2) is 0 Å². The topological polar surface area (TPSA) is 18.5 Å². The average molecular weight is 290 g/mol. The van der Waals surface area contributed by atoms with Crippen LogP contribution in [0.1, 0.15) is 5.56 Å². The van der Waals surface area contributed by atoms with E-state index in [2.05, 4.69) is 24.3 Å². The Balaban J connectivity index is 1.63. The Hall–Kier alpha value is -2.74. The fourth-order valence-corrected chi connectivity index (χ4v) is 2.26. The SMILES string of the molecule is COc1ccc(COc2ccc(-c3ccccc3)cc2)cc1. The molecule has 110 valence electrons. The van der Waals surface area contributed by atoms with Crippen LogP contribution in [0.15, 0.2) is 78.9 Å². The van der Waals surface area contributed by atoms with Gasteiger partial charge in [-0.2, -0.15) is 0 Å². The van der Waals surface area contributed by atoms with Crippen molar-refractivity contribution in [3.8, 4) is 22.6 Å². The number of ether oxygens (including phenoxy) is 2. The van der Waals surface area contributed by atoms with Crippen LogP contribution in [-0.2, 0) is 6.61 Å². The molecule has 0 heterocycles. The fourth-order valence-electron chi connectivity index (χ4n) is 2.26. The molecule has 22 heavy (non-hydrogen) atoms. The molecule has 0 aliphatic rings. The number of methoxy groups -OCH3 is 1. The van der Waals surface area contributed by atoms with E-state index in [4.69, 9.17) is 9.47 Å². The van der Waals surface area contributed by atoms with E-state index in [1.807, 2.05) is 54.6 Å². The van der Waals surface area contributed by atoms with E-state index in [9.17, 15) is 0 Å². The summed E-state index contributed by atoms with van der Waals surface area (Å²) in [4.78, 5) is 0. The van der Waals surface area contributed by atoms with Gasteiger partial charge in [0.2, 0.25) is 0 Å². The third kappa shape index (κ3) is 3.47. The molecule has 0 atom stereocenters. The van der Waals surface area contributed by atoms with Crippen LogP contribution in [-0.4, -0.2) is 7.11 Å². The second-order valence-electron chi connectivity index (χ2n) is 5.03. The smallest absolute Gasteiger partial charge is 0.119 e. The maximum atomic E-state index is 5.82. The zero-order valence-corrected chi connectivity index (χ0v) is 12.5. The molecule has 0 saturated carbocycles. The van der Waals surface area contributed by atoms with Crippen molar-refractivity contribution in [3.63, 3.8) is 0 Å². The summed E-state index contributed by atoms with van der Waals surface area (Å²) in [5.41, 5.74) is 3.52. The standard InChI is InChI=1S/C20H18O2/c1-21-19-11-7-16(8-12-19)15-22-20-13-9-18(10-14-20)17-5-3-2-4-6-17/h2-14H,15H2,1H3. The first-order valence-corrected chi connectivity index (χ1v) is 7.26. The van der Waals surface area contributed by atoms with Crippen molar-refractivity contribution in [2.45, 2.75) is 6.61 Å². The Morgan fingerprint density at radius 3 is 1.86 bits per heavy atom. The predicted octanol–water partition coefficient (Wildman–Crippen LogP) is 4.94. The highest BCUT2D eigenvalue weighted by molar-refractivity contribution is 5.63. The van der Waals surface area contributed by atoms with Gasteiger partial charge < -0.3 is 9.47 Å². The quantitative estimate of drug-likeness (QED) is 0.662. The first-order chi connectivity index (χ1) is 10.8. The number of rotatable bonds is 5. The second kappa shape index (κ2) is 6.81. The van der Waals surface area contributed by atoms with Gasteiger partial charge >= 0.3 is 0 Å². The van der Waals surface area contributed by atoms with Crippen LogP contribution in [0.4, 0.5) is 0 Å². The molecule has 0 aliphatic heterocycles. The van der Waals surface area contributed by atoms with Crippen LogP contribution in [0.2, 0.25) is 0 Å². The highest BCUT2D eigenvalue weighted by atomic mass is 16.5. The summed E-state index contributed by atoms with van der Waals surface area (Å²) in [7, 11) is 1.67. The van der Waals surface area contributed by atoms with Gasteiger partial charge in [0.05, 0.1) is 7.11 Å². The summed E-state index contributed by atoms with van der Waals surface area (Å²) < 4.78 is 11.0. The molecule has 0 radical (unpaired) electrons. The van der Waals surface area contributed by atoms with Gasteiger partial charge in [-0.25, -0.2) is 0 Å². The molecule has 0 saturated heterocycles. The molecule has 2 nitrogen and oxygen atoms in total. The van der Waals surface area contributed by atoms with Gasteiger partial charge in [0.1, 0.15) is 18.1 Å². The molecule has 0 fully saturated rings. The predicted molar refractivity (Wildman–Crippen MR) is 89.2 cm³/mol. The summed E-state index contributed by atoms with van der Waals surface area (Å²) in [6.45, 7) is 0.550. The molecule has 3 rings (SSSR count). The Morgan fingerprint density at radius 1 is 0.636 bits per heavy atom. The zero-order valence-electron chi connectivity index (χ0n) is 12.5. The summed E-state index contributed by atoms with van der Waals surface area (Å²) >= 11 is 0. The van der Waals surface area contributed by atoms with Crippen molar-refractivity contribution in [2.75, 3.05) is 7.11 Å². The lowest BCUT2D eigenvalue weighted by Crippen LogP contribution is -1.95. The van der Waals surface area contributed by atoms with Crippen LogP contribution in [0.3, 0.4) is 0 Å². The van der Waals surface area contributed by atoms with Crippen LogP contribution >= 0.6 is 0 Å². The number of hydrogen-bond acceptors (Lipinski definition) is 2. The molecule has 3 aromatic carbocycles. The van der Waals surface area contributed by atoms with Crippen molar-refractivity contribution < 1.29 is 9.47 Å². The second-order valence-corrected chi connectivity index (χ2v) is 5.03. The minimum absolute atomic E-state index is 0.550. The third-order valence-corrected chi connectivity index (χ3v) is 3.53. The van der Waals surface area contributed by atoms with E-state index < -0.39 is 0 Å². The van der Waals surface area contributed by atoms with Crippen molar-refractivity contribution in [2.24, 2.45) is 0 Å². The first kappa shape index (κ1) is 14.2. The molecule has 0 N–H and O–H groups in total. The molecule has 0 aliphatic carbocycles.